The minimum atomic E-state index is -5.82. The van der Waals surface area contributed by atoms with Crippen LogP contribution in [0.15, 0.2) is 84.9 Å². The number of hydrogen-bond acceptors (Lipinski definition) is 6. The number of nitrogens with one attached hydrogen (secondary N) is 4. The van der Waals surface area contributed by atoms with E-state index in [-0.39, 0.29) is 41.9 Å². The zero-order valence-corrected chi connectivity index (χ0v) is 31.1. The maximum absolute atomic E-state index is 14.4. The van der Waals surface area contributed by atoms with E-state index in [1.54, 1.807) is 0 Å². The van der Waals surface area contributed by atoms with Crippen LogP contribution in [0.5, 0.6) is 0 Å². The molecule has 17 heteroatoms. The topological polar surface area (TPSA) is 224 Å². The Hall–Kier alpha value is -5.44. The van der Waals surface area contributed by atoms with Gasteiger partial charge in [0, 0.05) is 28.9 Å². The highest BCUT2D eigenvalue weighted by Gasteiger charge is 2.50. The number of aromatic nitrogens is 1. The molecule has 14 nitrogen and oxygen atoms in total. The lowest BCUT2D eigenvalue weighted by Crippen LogP contribution is -2.58. The predicted molar refractivity (Wildman–Crippen MR) is 201 cm³/mol. The maximum atomic E-state index is 14.4. The average Bonchev–Trinajstić information content (AvgIpc) is 3.80. The van der Waals surface area contributed by atoms with E-state index in [9.17, 15) is 37.3 Å². The van der Waals surface area contributed by atoms with Gasteiger partial charge in [-0.3, -0.25) is 28.5 Å². The Bertz CT molecular complexity index is 2110. The first-order chi connectivity index (χ1) is 26.6. The van der Waals surface area contributed by atoms with Crippen molar-refractivity contribution in [1.82, 2.24) is 25.8 Å². The summed E-state index contributed by atoms with van der Waals surface area (Å²) in [6.07, 6.45) is 2.72. The summed E-state index contributed by atoms with van der Waals surface area (Å²) in [6.45, 7) is 0. The number of carbonyl (C=O) groups is 5. The van der Waals surface area contributed by atoms with Crippen LogP contribution in [0.4, 0.5) is 8.78 Å². The van der Waals surface area contributed by atoms with Gasteiger partial charge < -0.3 is 41.4 Å². The molecule has 0 radical (unpaired) electrons. The third-order valence-corrected chi connectivity index (χ3v) is 11.4. The van der Waals surface area contributed by atoms with E-state index in [0.717, 1.165) is 23.3 Å². The van der Waals surface area contributed by atoms with Crippen LogP contribution in [0.25, 0.3) is 10.9 Å². The summed E-state index contributed by atoms with van der Waals surface area (Å²) in [5.74, 6) is -3.02. The lowest BCUT2D eigenvalue weighted by Gasteiger charge is -2.35. The fourth-order valence-electron chi connectivity index (χ4n) is 7.49. The van der Waals surface area contributed by atoms with Gasteiger partial charge in [-0.25, -0.2) is 0 Å². The van der Waals surface area contributed by atoms with Gasteiger partial charge in [-0.1, -0.05) is 79.6 Å². The molecular weight excluding hydrogens is 749 g/mol. The molecule has 4 atom stereocenters. The number of primary amides is 1. The summed E-state index contributed by atoms with van der Waals surface area (Å²) < 4.78 is 40.1. The zero-order chi connectivity index (χ0) is 40.2. The molecule has 3 aromatic carbocycles. The molecule has 2 aliphatic rings. The largest absolute Gasteiger partial charge is 0.399 e. The lowest BCUT2D eigenvalue weighted by molar-refractivity contribution is -0.143. The fraction of sp³-hybridized carbons (Fsp3) is 0.359. The minimum absolute atomic E-state index is 0.0774. The number of fused-ring (bicyclic) bond motifs is 2. The number of hydrogen-bond donors (Lipinski definition) is 7. The van der Waals surface area contributed by atoms with Crippen molar-refractivity contribution in [3.63, 3.8) is 0 Å². The van der Waals surface area contributed by atoms with E-state index < -0.39 is 72.5 Å². The molecule has 0 bridgehead atoms. The summed E-state index contributed by atoms with van der Waals surface area (Å²) >= 11 is 0. The quantitative estimate of drug-likeness (QED) is 0.0975. The van der Waals surface area contributed by atoms with Gasteiger partial charge in [0.2, 0.25) is 23.6 Å². The van der Waals surface area contributed by atoms with Gasteiger partial charge >= 0.3 is 13.3 Å². The Morgan fingerprint density at radius 3 is 2.16 bits per heavy atom. The number of amides is 5. The summed E-state index contributed by atoms with van der Waals surface area (Å²) in [7, 11) is -5.82. The van der Waals surface area contributed by atoms with E-state index in [0.29, 0.717) is 32.1 Å². The second kappa shape index (κ2) is 16.7. The summed E-state index contributed by atoms with van der Waals surface area (Å²) in [6, 6.07) is 18.6. The van der Waals surface area contributed by atoms with E-state index in [1.807, 2.05) is 60.7 Å². The van der Waals surface area contributed by atoms with Crippen molar-refractivity contribution in [3.8, 4) is 0 Å². The van der Waals surface area contributed by atoms with Gasteiger partial charge in [0.25, 0.3) is 5.91 Å². The number of carbonyl (C=O) groups excluding carboxylic acids is 5. The molecule has 8 N–H and O–H groups in total. The third kappa shape index (κ3) is 8.83. The summed E-state index contributed by atoms with van der Waals surface area (Å²) in [4.78, 5) is 90.0. The molecule has 5 amide bonds. The van der Waals surface area contributed by atoms with Crippen LogP contribution in [0.1, 0.15) is 84.6 Å². The van der Waals surface area contributed by atoms with Gasteiger partial charge in [0.1, 0.15) is 23.8 Å². The molecule has 2 aliphatic heterocycles. The molecule has 0 unspecified atom stereocenters. The molecule has 2 fully saturated rings. The van der Waals surface area contributed by atoms with Crippen LogP contribution in [0.3, 0.4) is 0 Å². The van der Waals surface area contributed by atoms with Crippen molar-refractivity contribution in [2.24, 2.45) is 5.73 Å². The molecule has 4 aromatic rings. The SMILES string of the molecule is NC(=O)CC[C@H](NC(=O)[C@@H]1CC[C@@H]2CCCC[C@H](NC(=O)c3cc4cc(C(F)(F)P(=O)(O)O)ccc4[nH]3)C(=O)N21)C(=O)NC(c1ccccc1)c1ccccc1. The van der Waals surface area contributed by atoms with Crippen molar-refractivity contribution in [3.05, 3.63) is 107 Å². The summed E-state index contributed by atoms with van der Waals surface area (Å²) in [5.41, 5.74) is 1.83. The van der Waals surface area contributed by atoms with Gasteiger partial charge in [0.15, 0.2) is 0 Å². The van der Waals surface area contributed by atoms with Crippen molar-refractivity contribution in [2.75, 3.05) is 0 Å². The van der Waals surface area contributed by atoms with Crippen LogP contribution in [-0.2, 0) is 29.4 Å². The number of nitrogens with two attached hydrogens (primary N) is 1. The van der Waals surface area contributed by atoms with Crippen molar-refractivity contribution < 1.29 is 47.1 Å². The molecule has 2 saturated heterocycles. The molecular formula is C39H43F2N6O8P. The lowest BCUT2D eigenvalue weighted by atomic mass is 9.98. The van der Waals surface area contributed by atoms with Crippen molar-refractivity contribution in [1.29, 1.82) is 0 Å². The van der Waals surface area contributed by atoms with E-state index >= 15 is 0 Å². The van der Waals surface area contributed by atoms with Crippen LogP contribution in [0.2, 0.25) is 0 Å². The Morgan fingerprint density at radius 2 is 1.54 bits per heavy atom. The number of benzene rings is 3. The molecule has 56 heavy (non-hydrogen) atoms. The highest BCUT2D eigenvalue weighted by Crippen LogP contribution is 2.59. The third-order valence-electron chi connectivity index (χ3n) is 10.4. The molecule has 1 aromatic heterocycles. The highest BCUT2D eigenvalue weighted by atomic mass is 31.2. The number of rotatable bonds is 13. The normalized spacial score (nSPS) is 19.5. The average molecular weight is 793 g/mol. The Morgan fingerprint density at radius 1 is 0.893 bits per heavy atom. The summed E-state index contributed by atoms with van der Waals surface area (Å²) in [5, 5.41) is 8.61. The zero-order valence-electron chi connectivity index (χ0n) is 30.2. The van der Waals surface area contributed by atoms with E-state index in [1.165, 1.54) is 17.0 Å². The number of nitrogens with zero attached hydrogens (tertiary/aromatic N) is 1. The Labute approximate surface area is 320 Å². The van der Waals surface area contributed by atoms with Crippen LogP contribution in [-0.4, -0.2) is 73.4 Å². The van der Waals surface area contributed by atoms with Gasteiger partial charge in [-0.15, -0.1) is 0 Å². The number of H-pyrrole nitrogens is 1. The first-order valence-corrected chi connectivity index (χ1v) is 19.9. The second-order valence-electron chi connectivity index (χ2n) is 14.2. The first-order valence-electron chi connectivity index (χ1n) is 18.3. The van der Waals surface area contributed by atoms with Gasteiger partial charge in [-0.05, 0) is 61.4 Å². The second-order valence-corrected chi connectivity index (χ2v) is 15.9. The van der Waals surface area contributed by atoms with Crippen LogP contribution >= 0.6 is 7.60 Å². The molecule has 3 heterocycles. The Kier molecular flexibility index (Phi) is 12.0. The standard InChI is InChI=1S/C39H43F2N6O8P/c40-39(41,56(53,54)55)26-15-17-28-25(21-26)22-31(43-28)36(50)45-30-14-8-7-13-27-16-19-32(47(27)38(30)52)37(51)44-29(18-20-33(42)48)35(49)46-34(23-9-3-1-4-10-23)24-11-5-2-6-12-24/h1-6,9-12,15,17,21-22,27,29-30,32,34,43H,7-8,13-14,16,18-20H2,(H2,42,48)(H,44,51)(H,45,50)(H,46,49)(H2,53,54,55)/t27-,29-,30-,32-/m0/s1. The van der Waals surface area contributed by atoms with Crippen LogP contribution in [0, 0.1) is 0 Å². The molecule has 296 valence electrons. The fourth-order valence-corrected chi connectivity index (χ4v) is 7.96. The monoisotopic (exact) mass is 792 g/mol. The van der Waals surface area contributed by atoms with Crippen LogP contribution < -0.4 is 21.7 Å². The Balaban J connectivity index is 1.19. The molecule has 0 aliphatic carbocycles. The molecule has 6 rings (SSSR count). The van der Waals surface area contributed by atoms with E-state index in [2.05, 4.69) is 20.9 Å². The maximum Gasteiger partial charge on any atom is 0.399 e. The molecule has 0 spiro atoms. The van der Waals surface area contributed by atoms with E-state index in [4.69, 9.17) is 15.5 Å². The molecule has 0 saturated carbocycles. The smallest absolute Gasteiger partial charge is 0.370 e. The van der Waals surface area contributed by atoms with Gasteiger partial charge in [0.05, 0.1) is 6.04 Å². The van der Waals surface area contributed by atoms with Gasteiger partial charge in [-0.2, -0.15) is 8.78 Å². The predicted octanol–water partition coefficient (Wildman–Crippen LogP) is 4.08. The number of alkyl halides is 2. The number of halogens is 2. The van der Waals surface area contributed by atoms with Crippen molar-refractivity contribution in [2.45, 2.75) is 87.2 Å². The highest BCUT2D eigenvalue weighted by molar-refractivity contribution is 7.52. The van der Waals surface area contributed by atoms with Crippen molar-refractivity contribution >= 4 is 48.0 Å². The number of aromatic amines is 1. The minimum Gasteiger partial charge on any atom is -0.370 e. The first kappa shape index (κ1) is 40.2.